The molecule has 0 saturated heterocycles. The van der Waals surface area contributed by atoms with Crippen LogP contribution in [0.5, 0.6) is 0 Å². The standard InChI is InChI=1S/C15H18BrN3O2S/c1-11-15(10-19(17-11)14-4-2-3-5-14)22(20,21)18-13-8-6-12(16)7-9-13/h6-10,14,18H,2-5H2,1H3. The van der Waals surface area contributed by atoms with Crippen LogP contribution in [0.25, 0.3) is 0 Å². The highest BCUT2D eigenvalue weighted by Crippen LogP contribution is 2.30. The van der Waals surface area contributed by atoms with Gasteiger partial charge in [0.25, 0.3) is 10.0 Å². The van der Waals surface area contributed by atoms with E-state index in [4.69, 9.17) is 0 Å². The summed E-state index contributed by atoms with van der Waals surface area (Å²) in [6, 6.07) is 7.37. The lowest BCUT2D eigenvalue weighted by Crippen LogP contribution is -2.13. The van der Waals surface area contributed by atoms with Crippen molar-refractivity contribution < 1.29 is 8.42 Å². The second kappa shape index (κ2) is 6.04. The predicted molar refractivity (Wildman–Crippen MR) is 89.4 cm³/mol. The maximum atomic E-state index is 12.6. The normalized spacial score (nSPS) is 16.1. The third-order valence-corrected chi connectivity index (χ3v) is 5.97. The number of halogens is 1. The molecule has 2 aromatic rings. The number of hydrogen-bond acceptors (Lipinski definition) is 3. The lowest BCUT2D eigenvalue weighted by atomic mass is 10.3. The third kappa shape index (κ3) is 3.20. The maximum Gasteiger partial charge on any atom is 0.265 e. The molecule has 7 heteroatoms. The zero-order valence-corrected chi connectivity index (χ0v) is 14.7. The molecule has 0 aliphatic heterocycles. The fourth-order valence-electron chi connectivity index (χ4n) is 2.81. The molecule has 0 atom stereocenters. The Hall–Kier alpha value is -1.34. The summed E-state index contributed by atoms with van der Waals surface area (Å²) in [7, 11) is -3.61. The van der Waals surface area contributed by atoms with E-state index in [1.165, 1.54) is 12.8 Å². The second-order valence-electron chi connectivity index (χ2n) is 5.61. The maximum absolute atomic E-state index is 12.6. The quantitative estimate of drug-likeness (QED) is 0.871. The Labute approximate surface area is 138 Å². The second-order valence-corrected chi connectivity index (χ2v) is 8.18. The molecule has 0 unspecified atom stereocenters. The average molecular weight is 384 g/mol. The van der Waals surface area contributed by atoms with E-state index in [1.54, 1.807) is 37.4 Å². The fourth-order valence-corrected chi connectivity index (χ4v) is 4.31. The van der Waals surface area contributed by atoms with Crippen LogP contribution < -0.4 is 4.72 Å². The number of anilines is 1. The number of aromatic nitrogens is 2. The van der Waals surface area contributed by atoms with E-state index in [9.17, 15) is 8.42 Å². The van der Waals surface area contributed by atoms with Gasteiger partial charge in [-0.25, -0.2) is 8.42 Å². The van der Waals surface area contributed by atoms with Crippen LogP contribution in [0.2, 0.25) is 0 Å². The van der Waals surface area contributed by atoms with Crippen LogP contribution in [0.15, 0.2) is 39.8 Å². The number of sulfonamides is 1. The monoisotopic (exact) mass is 383 g/mol. The highest BCUT2D eigenvalue weighted by Gasteiger charge is 2.24. The van der Waals surface area contributed by atoms with Crippen molar-refractivity contribution in [1.29, 1.82) is 0 Å². The van der Waals surface area contributed by atoms with Crippen molar-refractivity contribution in [2.75, 3.05) is 4.72 Å². The van der Waals surface area contributed by atoms with E-state index < -0.39 is 10.0 Å². The summed E-state index contributed by atoms with van der Waals surface area (Å²) >= 11 is 3.33. The summed E-state index contributed by atoms with van der Waals surface area (Å²) < 4.78 is 30.4. The van der Waals surface area contributed by atoms with Crippen molar-refractivity contribution in [1.82, 2.24) is 9.78 Å². The van der Waals surface area contributed by atoms with Crippen LogP contribution in [-0.2, 0) is 10.0 Å². The summed E-state index contributed by atoms with van der Waals surface area (Å²) in [4.78, 5) is 0.252. The molecular formula is C15H18BrN3O2S. The lowest BCUT2D eigenvalue weighted by Gasteiger charge is -2.09. The molecule has 0 amide bonds. The van der Waals surface area contributed by atoms with Gasteiger partial charge in [0.2, 0.25) is 0 Å². The smallest absolute Gasteiger partial charge is 0.265 e. The minimum absolute atomic E-state index is 0.252. The van der Waals surface area contributed by atoms with Crippen LogP contribution >= 0.6 is 15.9 Å². The highest BCUT2D eigenvalue weighted by atomic mass is 79.9. The van der Waals surface area contributed by atoms with Gasteiger partial charge in [-0.05, 0) is 44.0 Å². The van der Waals surface area contributed by atoms with E-state index in [0.717, 1.165) is 17.3 Å². The van der Waals surface area contributed by atoms with Gasteiger partial charge in [0.15, 0.2) is 0 Å². The Morgan fingerprint density at radius 1 is 1.23 bits per heavy atom. The summed E-state index contributed by atoms with van der Waals surface area (Å²) in [6.45, 7) is 1.74. The van der Waals surface area contributed by atoms with E-state index >= 15 is 0 Å². The summed E-state index contributed by atoms with van der Waals surface area (Å²) in [5.41, 5.74) is 1.08. The van der Waals surface area contributed by atoms with E-state index in [1.807, 2.05) is 4.68 Å². The van der Waals surface area contributed by atoms with Crippen LogP contribution in [0, 0.1) is 6.92 Å². The van der Waals surface area contributed by atoms with Gasteiger partial charge in [0, 0.05) is 16.4 Å². The zero-order chi connectivity index (χ0) is 15.7. The molecule has 22 heavy (non-hydrogen) atoms. The number of benzene rings is 1. The minimum Gasteiger partial charge on any atom is -0.280 e. The molecule has 118 valence electrons. The largest absolute Gasteiger partial charge is 0.280 e. The molecule has 1 saturated carbocycles. The van der Waals surface area contributed by atoms with Crippen molar-refractivity contribution in [3.63, 3.8) is 0 Å². The number of nitrogens with zero attached hydrogens (tertiary/aromatic N) is 2. The van der Waals surface area contributed by atoms with Crippen molar-refractivity contribution >= 4 is 31.6 Å². The van der Waals surface area contributed by atoms with Gasteiger partial charge in [-0.1, -0.05) is 28.8 Å². The number of nitrogens with one attached hydrogen (secondary N) is 1. The topological polar surface area (TPSA) is 64.0 Å². The fraction of sp³-hybridized carbons (Fsp3) is 0.400. The van der Waals surface area contributed by atoms with Crippen LogP contribution in [0.3, 0.4) is 0 Å². The first-order valence-electron chi connectivity index (χ1n) is 7.30. The summed E-state index contributed by atoms with van der Waals surface area (Å²) in [5, 5.41) is 4.40. The van der Waals surface area contributed by atoms with Gasteiger partial charge in [0.1, 0.15) is 4.90 Å². The molecule has 1 aromatic carbocycles. The van der Waals surface area contributed by atoms with E-state index in [2.05, 4.69) is 25.8 Å². The molecule has 5 nitrogen and oxygen atoms in total. The predicted octanol–water partition coefficient (Wildman–Crippen LogP) is 3.87. The first kappa shape index (κ1) is 15.6. The Morgan fingerprint density at radius 2 is 1.86 bits per heavy atom. The van der Waals surface area contributed by atoms with E-state index in [0.29, 0.717) is 17.4 Å². The highest BCUT2D eigenvalue weighted by molar-refractivity contribution is 9.10. The van der Waals surface area contributed by atoms with Crippen molar-refractivity contribution in [2.24, 2.45) is 0 Å². The van der Waals surface area contributed by atoms with E-state index in [-0.39, 0.29) is 4.90 Å². The molecule has 3 rings (SSSR count). The zero-order valence-electron chi connectivity index (χ0n) is 12.3. The minimum atomic E-state index is -3.61. The lowest BCUT2D eigenvalue weighted by molar-refractivity contribution is 0.464. The molecule has 1 aliphatic rings. The van der Waals surface area contributed by atoms with Gasteiger partial charge < -0.3 is 0 Å². The number of rotatable bonds is 4. The Balaban J connectivity index is 1.86. The Morgan fingerprint density at radius 3 is 2.50 bits per heavy atom. The third-order valence-electron chi connectivity index (χ3n) is 3.96. The van der Waals surface area contributed by atoms with Gasteiger partial charge in [-0.15, -0.1) is 0 Å². The van der Waals surface area contributed by atoms with Gasteiger partial charge in [0.05, 0.1) is 11.7 Å². The van der Waals surface area contributed by atoms with Crippen LogP contribution in [0.1, 0.15) is 37.4 Å². The molecule has 1 aromatic heterocycles. The summed E-state index contributed by atoms with van der Waals surface area (Å²) in [5.74, 6) is 0. The van der Waals surface area contributed by atoms with Gasteiger partial charge in [-0.2, -0.15) is 5.10 Å². The van der Waals surface area contributed by atoms with Gasteiger partial charge in [-0.3, -0.25) is 9.40 Å². The Kier molecular flexibility index (Phi) is 4.27. The van der Waals surface area contributed by atoms with Crippen LogP contribution in [0.4, 0.5) is 5.69 Å². The first-order valence-corrected chi connectivity index (χ1v) is 9.57. The molecule has 1 fully saturated rings. The Bertz CT molecular complexity index is 763. The molecular weight excluding hydrogens is 366 g/mol. The number of hydrogen-bond donors (Lipinski definition) is 1. The van der Waals surface area contributed by atoms with Crippen molar-refractivity contribution in [3.8, 4) is 0 Å². The molecule has 1 N–H and O–H groups in total. The SMILES string of the molecule is Cc1nn(C2CCCC2)cc1S(=O)(=O)Nc1ccc(Br)cc1. The van der Waals surface area contributed by atoms with Crippen molar-refractivity contribution in [2.45, 2.75) is 43.5 Å². The molecule has 0 spiro atoms. The molecule has 0 bridgehead atoms. The molecule has 1 heterocycles. The van der Waals surface area contributed by atoms with Crippen molar-refractivity contribution in [3.05, 3.63) is 40.6 Å². The van der Waals surface area contributed by atoms with Gasteiger partial charge >= 0.3 is 0 Å². The molecule has 1 aliphatic carbocycles. The first-order chi connectivity index (χ1) is 10.5. The summed E-state index contributed by atoms with van der Waals surface area (Å²) in [6.07, 6.45) is 6.17. The average Bonchev–Trinajstić information content (AvgIpc) is 3.10. The number of aryl methyl sites for hydroxylation is 1. The van der Waals surface area contributed by atoms with Crippen LogP contribution in [-0.4, -0.2) is 18.2 Å². The molecule has 0 radical (unpaired) electrons.